The molecule has 0 amide bonds. The normalized spacial score (nSPS) is 10.9. The molecule has 3 aromatic carbocycles. The zero-order valence-corrected chi connectivity index (χ0v) is 12.1. The first-order valence-electron chi connectivity index (χ1n) is 6.15. The number of hydrogen-bond acceptors (Lipinski definition) is 4. The van der Waals surface area contributed by atoms with Crippen molar-refractivity contribution in [3.63, 3.8) is 0 Å². The fourth-order valence-electron chi connectivity index (χ4n) is 2.48. The highest BCUT2D eigenvalue weighted by Crippen LogP contribution is 2.43. The number of thiol groups is 1. The summed E-state index contributed by atoms with van der Waals surface area (Å²) in [6, 6.07) is 11.4. The minimum absolute atomic E-state index is 0.184. The molecule has 3 nitrogen and oxygen atoms in total. The predicted molar refractivity (Wildman–Crippen MR) is 83.5 cm³/mol. The van der Waals surface area contributed by atoms with Crippen LogP contribution in [0, 0.1) is 0 Å². The van der Waals surface area contributed by atoms with Crippen molar-refractivity contribution in [3.8, 4) is 17.2 Å². The van der Waals surface area contributed by atoms with Crippen LogP contribution in [-0.2, 0) is 0 Å². The Labute approximate surface area is 122 Å². The van der Waals surface area contributed by atoms with Gasteiger partial charge in [-0.25, -0.2) is 0 Å². The van der Waals surface area contributed by atoms with Crippen LogP contribution in [0.2, 0.25) is 0 Å². The number of phenols is 1. The first-order valence-corrected chi connectivity index (χ1v) is 6.60. The highest BCUT2D eigenvalue weighted by atomic mass is 32.1. The van der Waals surface area contributed by atoms with Crippen molar-refractivity contribution in [1.29, 1.82) is 0 Å². The van der Waals surface area contributed by atoms with Gasteiger partial charge in [0.05, 0.1) is 19.1 Å². The molecule has 20 heavy (non-hydrogen) atoms. The second-order valence-corrected chi connectivity index (χ2v) is 4.94. The molecule has 1 N–H and O–H groups in total. The fraction of sp³-hybridized carbons (Fsp3) is 0.125. The lowest BCUT2D eigenvalue weighted by atomic mass is 10.0. The van der Waals surface area contributed by atoms with Gasteiger partial charge in [0.25, 0.3) is 0 Å². The van der Waals surface area contributed by atoms with Crippen LogP contribution < -0.4 is 9.47 Å². The number of methoxy groups -OCH3 is 2. The van der Waals surface area contributed by atoms with Crippen molar-refractivity contribution >= 4 is 34.2 Å². The van der Waals surface area contributed by atoms with Gasteiger partial charge in [-0.2, -0.15) is 0 Å². The van der Waals surface area contributed by atoms with E-state index in [0.717, 1.165) is 21.5 Å². The third kappa shape index (κ3) is 1.76. The Morgan fingerprint density at radius 1 is 0.850 bits per heavy atom. The van der Waals surface area contributed by atoms with E-state index < -0.39 is 0 Å². The number of phenolic OH excluding ortho intramolecular Hbond substituents is 1. The number of aromatic hydroxyl groups is 1. The molecule has 0 aliphatic carbocycles. The summed E-state index contributed by atoms with van der Waals surface area (Å²) in [6.07, 6.45) is 0. The Bertz CT molecular complexity index is 812. The summed E-state index contributed by atoms with van der Waals surface area (Å²) in [7, 11) is 3.19. The third-order valence-electron chi connectivity index (χ3n) is 3.48. The van der Waals surface area contributed by atoms with Gasteiger partial charge in [-0.3, -0.25) is 0 Å². The molecule has 0 unspecified atom stereocenters. The number of hydrogen-bond donors (Lipinski definition) is 2. The number of rotatable bonds is 2. The minimum atomic E-state index is 0.184. The summed E-state index contributed by atoms with van der Waals surface area (Å²) in [4.78, 5) is 0.541. The molecule has 0 saturated carbocycles. The Hall–Kier alpha value is -2.07. The average molecular weight is 286 g/mol. The van der Waals surface area contributed by atoms with Crippen molar-refractivity contribution in [2.45, 2.75) is 4.90 Å². The van der Waals surface area contributed by atoms with Gasteiger partial charge < -0.3 is 14.6 Å². The molecule has 4 heteroatoms. The van der Waals surface area contributed by atoms with Crippen molar-refractivity contribution in [3.05, 3.63) is 36.4 Å². The van der Waals surface area contributed by atoms with Gasteiger partial charge in [0.1, 0.15) is 5.75 Å². The molecule has 0 heterocycles. The van der Waals surface area contributed by atoms with Crippen LogP contribution in [0.3, 0.4) is 0 Å². The Morgan fingerprint density at radius 2 is 1.40 bits per heavy atom. The van der Waals surface area contributed by atoms with Gasteiger partial charge in [0, 0.05) is 10.8 Å². The van der Waals surface area contributed by atoms with Gasteiger partial charge in [0.2, 0.25) is 0 Å². The van der Waals surface area contributed by atoms with Crippen molar-refractivity contribution in [1.82, 2.24) is 0 Å². The average Bonchev–Trinajstić information content (AvgIpc) is 2.51. The molecule has 0 aromatic heterocycles. The van der Waals surface area contributed by atoms with E-state index in [0.29, 0.717) is 16.4 Å². The Balaban J connectivity index is 2.55. The standard InChI is InChI=1S/C16H14O3S/c1-18-13-7-11-9-5-3-4-6-10(9)15(17)16(20)12(11)8-14(13)19-2/h3-8,17,20H,1-2H3. The molecular weight excluding hydrogens is 272 g/mol. The van der Waals surface area contributed by atoms with Crippen LogP contribution in [-0.4, -0.2) is 19.3 Å². The molecule has 0 spiro atoms. The van der Waals surface area contributed by atoms with E-state index in [9.17, 15) is 5.11 Å². The van der Waals surface area contributed by atoms with E-state index >= 15 is 0 Å². The van der Waals surface area contributed by atoms with Crippen molar-refractivity contribution < 1.29 is 14.6 Å². The number of ether oxygens (including phenoxy) is 2. The van der Waals surface area contributed by atoms with E-state index in [-0.39, 0.29) is 5.75 Å². The highest BCUT2D eigenvalue weighted by Gasteiger charge is 2.14. The van der Waals surface area contributed by atoms with Crippen LogP contribution in [0.25, 0.3) is 21.5 Å². The predicted octanol–water partition coefficient (Wildman–Crippen LogP) is 4.00. The summed E-state index contributed by atoms with van der Waals surface area (Å²) in [5.74, 6) is 1.46. The van der Waals surface area contributed by atoms with Gasteiger partial charge in [0.15, 0.2) is 11.5 Å². The number of fused-ring (bicyclic) bond motifs is 3. The highest BCUT2D eigenvalue weighted by molar-refractivity contribution is 7.80. The third-order valence-corrected chi connectivity index (χ3v) is 3.93. The molecule has 0 radical (unpaired) electrons. The van der Waals surface area contributed by atoms with Crippen LogP contribution >= 0.6 is 12.6 Å². The molecule has 0 aliphatic rings. The molecular formula is C16H14O3S. The van der Waals surface area contributed by atoms with E-state index in [1.807, 2.05) is 36.4 Å². The lowest BCUT2D eigenvalue weighted by molar-refractivity contribution is 0.356. The van der Waals surface area contributed by atoms with Crippen LogP contribution in [0.1, 0.15) is 0 Å². The van der Waals surface area contributed by atoms with Crippen LogP contribution in [0.4, 0.5) is 0 Å². The molecule has 3 rings (SSSR count). The van der Waals surface area contributed by atoms with Crippen molar-refractivity contribution in [2.24, 2.45) is 0 Å². The quantitative estimate of drug-likeness (QED) is 0.552. The van der Waals surface area contributed by atoms with Crippen LogP contribution in [0.5, 0.6) is 17.2 Å². The fourth-order valence-corrected chi connectivity index (χ4v) is 2.78. The molecule has 0 fully saturated rings. The van der Waals surface area contributed by atoms with Crippen LogP contribution in [0.15, 0.2) is 41.3 Å². The zero-order valence-electron chi connectivity index (χ0n) is 11.2. The summed E-state index contributed by atoms with van der Waals surface area (Å²) in [5, 5.41) is 13.8. The molecule has 0 aliphatic heterocycles. The maximum atomic E-state index is 10.3. The summed E-state index contributed by atoms with van der Waals surface area (Å²) < 4.78 is 10.7. The Kier molecular flexibility index (Phi) is 3.10. The molecule has 102 valence electrons. The van der Waals surface area contributed by atoms with E-state index in [1.165, 1.54) is 0 Å². The number of benzene rings is 3. The smallest absolute Gasteiger partial charge is 0.161 e. The van der Waals surface area contributed by atoms with Gasteiger partial charge in [-0.1, -0.05) is 24.3 Å². The van der Waals surface area contributed by atoms with Crippen molar-refractivity contribution in [2.75, 3.05) is 14.2 Å². The zero-order chi connectivity index (χ0) is 14.3. The largest absolute Gasteiger partial charge is 0.506 e. The van der Waals surface area contributed by atoms with Gasteiger partial charge >= 0.3 is 0 Å². The SMILES string of the molecule is COc1cc2c(S)c(O)c3ccccc3c2cc1OC. The minimum Gasteiger partial charge on any atom is -0.506 e. The van der Waals surface area contributed by atoms with Gasteiger partial charge in [-0.05, 0) is 22.9 Å². The van der Waals surface area contributed by atoms with E-state index in [4.69, 9.17) is 9.47 Å². The second-order valence-electron chi connectivity index (χ2n) is 4.50. The molecule has 0 bridgehead atoms. The summed E-state index contributed by atoms with van der Waals surface area (Å²) in [6.45, 7) is 0. The van der Waals surface area contributed by atoms with E-state index in [2.05, 4.69) is 12.6 Å². The second kappa shape index (κ2) is 4.80. The first-order chi connectivity index (χ1) is 9.67. The first kappa shape index (κ1) is 12.9. The topological polar surface area (TPSA) is 38.7 Å². The summed E-state index contributed by atoms with van der Waals surface area (Å²) in [5.41, 5.74) is 0. The van der Waals surface area contributed by atoms with Gasteiger partial charge in [-0.15, -0.1) is 12.6 Å². The Morgan fingerprint density at radius 3 is 2.00 bits per heavy atom. The maximum Gasteiger partial charge on any atom is 0.161 e. The lowest BCUT2D eigenvalue weighted by Gasteiger charge is -2.14. The van der Waals surface area contributed by atoms with E-state index in [1.54, 1.807) is 14.2 Å². The summed E-state index contributed by atoms with van der Waals surface area (Å²) >= 11 is 4.44. The lowest BCUT2D eigenvalue weighted by Crippen LogP contribution is -1.92. The maximum absolute atomic E-state index is 10.3. The molecule has 0 atom stereocenters. The monoisotopic (exact) mass is 286 g/mol. The molecule has 3 aromatic rings. The molecule has 0 saturated heterocycles.